The molecule has 0 unspecified atom stereocenters. The lowest BCUT2D eigenvalue weighted by atomic mass is 10.0. The van der Waals surface area contributed by atoms with Crippen LogP contribution in [0.5, 0.6) is 11.5 Å². The van der Waals surface area contributed by atoms with Crippen LogP contribution in [0.15, 0.2) is 46.9 Å². The Balaban J connectivity index is 2.06. The van der Waals surface area contributed by atoms with Gasteiger partial charge < -0.3 is 9.47 Å². The van der Waals surface area contributed by atoms with Gasteiger partial charge in [0, 0.05) is 0 Å². The smallest absolute Gasteiger partial charge is 0.343 e. The molecule has 2 aromatic rings. The van der Waals surface area contributed by atoms with Crippen molar-refractivity contribution in [2.45, 2.75) is 33.1 Å². The molecule has 2 rings (SSSR count). The maximum atomic E-state index is 12.2. The van der Waals surface area contributed by atoms with Crippen molar-refractivity contribution < 1.29 is 14.3 Å². The van der Waals surface area contributed by atoms with Gasteiger partial charge in [-0.2, -0.15) is 0 Å². The number of benzene rings is 2. The summed E-state index contributed by atoms with van der Waals surface area (Å²) in [5.74, 6) is 1.31. The van der Waals surface area contributed by atoms with Gasteiger partial charge in [-0.3, -0.25) is 0 Å². The first-order valence-electron chi connectivity index (χ1n) is 7.75. The summed E-state index contributed by atoms with van der Waals surface area (Å²) >= 11 is 3.46. The molecule has 0 aliphatic carbocycles. The van der Waals surface area contributed by atoms with Crippen LogP contribution in [0.25, 0.3) is 0 Å². The van der Waals surface area contributed by atoms with Crippen molar-refractivity contribution >= 4 is 21.9 Å². The van der Waals surface area contributed by atoms with E-state index < -0.39 is 0 Å². The van der Waals surface area contributed by atoms with Crippen molar-refractivity contribution in [1.29, 1.82) is 0 Å². The van der Waals surface area contributed by atoms with Gasteiger partial charge in [0.05, 0.1) is 16.6 Å². The van der Waals surface area contributed by atoms with Crippen LogP contribution in [0.3, 0.4) is 0 Å². The lowest BCUT2D eigenvalue weighted by Gasteiger charge is -2.10. The van der Waals surface area contributed by atoms with Gasteiger partial charge in [-0.05, 0) is 70.2 Å². The summed E-state index contributed by atoms with van der Waals surface area (Å²) in [5.41, 5.74) is 1.68. The highest BCUT2D eigenvalue weighted by Crippen LogP contribution is 2.29. The third-order valence-corrected chi connectivity index (χ3v) is 4.01. The number of esters is 1. The molecule has 0 aliphatic heterocycles. The fourth-order valence-corrected chi connectivity index (χ4v) is 2.50. The molecule has 0 aromatic heterocycles. The minimum atomic E-state index is -0.384. The largest absolute Gasteiger partial charge is 0.494 e. The number of carbonyl (C=O) groups is 1. The number of hydrogen-bond acceptors (Lipinski definition) is 3. The molecule has 2 aromatic carbocycles. The average Bonchev–Trinajstić information content (AvgIpc) is 2.55. The van der Waals surface area contributed by atoms with E-state index in [0.717, 1.165) is 16.6 Å². The van der Waals surface area contributed by atoms with E-state index in [1.807, 2.05) is 25.1 Å². The Hall–Kier alpha value is -1.81. The lowest BCUT2D eigenvalue weighted by molar-refractivity contribution is 0.0733. The molecular formula is C19H21BrO3. The van der Waals surface area contributed by atoms with Crippen molar-refractivity contribution in [2.24, 2.45) is 0 Å². The Kier molecular flexibility index (Phi) is 6.22. The zero-order valence-corrected chi connectivity index (χ0v) is 15.2. The van der Waals surface area contributed by atoms with Crippen molar-refractivity contribution in [1.82, 2.24) is 0 Å². The van der Waals surface area contributed by atoms with Crippen LogP contribution in [0.2, 0.25) is 0 Å². The Bertz CT molecular complexity index is 663. The zero-order valence-electron chi connectivity index (χ0n) is 13.6. The standard InChI is InChI=1S/C19H21BrO3/c1-4-11-22-16-8-5-14(6-9-16)19(21)23-18-10-7-15(13(2)3)12-17(18)20/h5-10,12-13H,4,11H2,1-3H3. The zero-order chi connectivity index (χ0) is 16.8. The van der Waals surface area contributed by atoms with Crippen LogP contribution < -0.4 is 9.47 Å². The minimum absolute atomic E-state index is 0.384. The summed E-state index contributed by atoms with van der Waals surface area (Å²) in [6, 6.07) is 12.8. The van der Waals surface area contributed by atoms with Crippen molar-refractivity contribution in [2.75, 3.05) is 6.61 Å². The van der Waals surface area contributed by atoms with E-state index in [9.17, 15) is 4.79 Å². The van der Waals surface area contributed by atoms with Crippen LogP contribution in [0.4, 0.5) is 0 Å². The third-order valence-electron chi connectivity index (χ3n) is 3.39. The summed E-state index contributed by atoms with van der Waals surface area (Å²) in [6.07, 6.45) is 0.949. The Morgan fingerprint density at radius 1 is 1.13 bits per heavy atom. The second-order valence-corrected chi connectivity index (χ2v) is 6.46. The molecule has 0 fully saturated rings. The highest BCUT2D eigenvalue weighted by molar-refractivity contribution is 9.10. The highest BCUT2D eigenvalue weighted by Gasteiger charge is 2.12. The molecule has 23 heavy (non-hydrogen) atoms. The van der Waals surface area contributed by atoms with Crippen LogP contribution in [-0.4, -0.2) is 12.6 Å². The number of halogens is 1. The molecule has 122 valence electrons. The maximum absolute atomic E-state index is 12.2. The van der Waals surface area contributed by atoms with Gasteiger partial charge in [-0.25, -0.2) is 4.79 Å². The van der Waals surface area contributed by atoms with E-state index in [2.05, 4.69) is 29.8 Å². The molecule has 0 radical (unpaired) electrons. The third kappa shape index (κ3) is 4.83. The summed E-state index contributed by atoms with van der Waals surface area (Å²) in [6.45, 7) is 6.96. The highest BCUT2D eigenvalue weighted by atomic mass is 79.9. The summed E-state index contributed by atoms with van der Waals surface area (Å²) in [4.78, 5) is 12.2. The number of ether oxygens (including phenoxy) is 2. The van der Waals surface area contributed by atoms with E-state index >= 15 is 0 Å². The second-order valence-electron chi connectivity index (χ2n) is 5.61. The fraction of sp³-hybridized carbons (Fsp3) is 0.316. The normalized spacial score (nSPS) is 10.7. The van der Waals surface area contributed by atoms with Gasteiger partial charge in [0.15, 0.2) is 0 Å². The quantitative estimate of drug-likeness (QED) is 0.487. The molecule has 0 heterocycles. The van der Waals surface area contributed by atoms with Gasteiger partial charge >= 0.3 is 5.97 Å². The molecule has 0 bridgehead atoms. The summed E-state index contributed by atoms with van der Waals surface area (Å²) in [7, 11) is 0. The Morgan fingerprint density at radius 2 is 1.83 bits per heavy atom. The Morgan fingerprint density at radius 3 is 2.39 bits per heavy atom. The van der Waals surface area contributed by atoms with Gasteiger partial charge in [-0.15, -0.1) is 0 Å². The first kappa shape index (κ1) is 17.5. The molecule has 0 amide bonds. The van der Waals surface area contributed by atoms with Gasteiger partial charge in [0.2, 0.25) is 0 Å². The lowest BCUT2D eigenvalue weighted by Crippen LogP contribution is -2.09. The van der Waals surface area contributed by atoms with Gasteiger partial charge in [-0.1, -0.05) is 26.8 Å². The molecule has 0 atom stereocenters. The fourth-order valence-electron chi connectivity index (χ4n) is 2.02. The second kappa shape index (κ2) is 8.16. The van der Waals surface area contributed by atoms with E-state index in [1.165, 1.54) is 5.56 Å². The van der Waals surface area contributed by atoms with Crippen LogP contribution in [-0.2, 0) is 0 Å². The van der Waals surface area contributed by atoms with Gasteiger partial charge in [0.25, 0.3) is 0 Å². The van der Waals surface area contributed by atoms with Crippen LogP contribution in [0, 0.1) is 0 Å². The SMILES string of the molecule is CCCOc1ccc(C(=O)Oc2ccc(C(C)C)cc2Br)cc1. The molecule has 0 spiro atoms. The predicted octanol–water partition coefficient (Wildman–Crippen LogP) is 5.58. The molecule has 0 N–H and O–H groups in total. The molecular weight excluding hydrogens is 356 g/mol. The van der Waals surface area contributed by atoms with E-state index in [0.29, 0.717) is 23.8 Å². The molecule has 0 aliphatic rings. The number of rotatable bonds is 6. The average molecular weight is 377 g/mol. The predicted molar refractivity (Wildman–Crippen MR) is 95.4 cm³/mol. The Labute approximate surface area is 145 Å². The number of carbonyl (C=O) groups excluding carboxylic acids is 1. The van der Waals surface area contributed by atoms with E-state index in [1.54, 1.807) is 24.3 Å². The molecule has 4 heteroatoms. The first-order chi connectivity index (χ1) is 11.0. The van der Waals surface area contributed by atoms with Crippen molar-refractivity contribution in [3.8, 4) is 11.5 Å². The van der Waals surface area contributed by atoms with E-state index in [-0.39, 0.29) is 5.97 Å². The minimum Gasteiger partial charge on any atom is -0.494 e. The molecule has 0 saturated heterocycles. The number of hydrogen-bond donors (Lipinski definition) is 0. The molecule has 0 saturated carbocycles. The van der Waals surface area contributed by atoms with Crippen LogP contribution >= 0.6 is 15.9 Å². The van der Waals surface area contributed by atoms with Gasteiger partial charge in [0.1, 0.15) is 11.5 Å². The van der Waals surface area contributed by atoms with Crippen LogP contribution in [0.1, 0.15) is 49.0 Å². The molecule has 3 nitrogen and oxygen atoms in total. The summed E-state index contributed by atoms with van der Waals surface area (Å²) in [5, 5.41) is 0. The van der Waals surface area contributed by atoms with Crippen molar-refractivity contribution in [3.63, 3.8) is 0 Å². The van der Waals surface area contributed by atoms with E-state index in [4.69, 9.17) is 9.47 Å². The first-order valence-corrected chi connectivity index (χ1v) is 8.55. The maximum Gasteiger partial charge on any atom is 0.343 e. The topological polar surface area (TPSA) is 35.5 Å². The van der Waals surface area contributed by atoms with Crippen molar-refractivity contribution in [3.05, 3.63) is 58.1 Å². The monoisotopic (exact) mass is 376 g/mol. The summed E-state index contributed by atoms with van der Waals surface area (Å²) < 4.78 is 11.7.